The maximum atomic E-state index is 5.60. The molecule has 0 radical (unpaired) electrons. The van der Waals surface area contributed by atoms with Crippen LogP contribution in [0.2, 0.25) is 0 Å². The summed E-state index contributed by atoms with van der Waals surface area (Å²) in [6, 6.07) is 40.1. The standard InChI is InChI=1S/2C12H11PS2.Cr/c2*14-13(15,11-7-3-1-4-8-11)12-9-5-2-6-10-12;/h2*1-10H,(H,14,15);/q;;+2/p-2. The van der Waals surface area contributed by atoms with Crippen molar-refractivity contribution < 1.29 is 17.4 Å². The van der Waals surface area contributed by atoms with E-state index in [1.807, 2.05) is 121 Å². The van der Waals surface area contributed by atoms with Crippen molar-refractivity contribution in [2.24, 2.45) is 0 Å². The van der Waals surface area contributed by atoms with Crippen LogP contribution in [0.3, 0.4) is 0 Å². The van der Waals surface area contributed by atoms with Gasteiger partial charge in [-0.05, 0) is 21.2 Å². The Kier molecular flexibility index (Phi) is 10.8. The van der Waals surface area contributed by atoms with Gasteiger partial charge in [0.1, 0.15) is 0 Å². The summed E-state index contributed by atoms with van der Waals surface area (Å²) in [7, 11) is 0. The van der Waals surface area contributed by atoms with E-state index in [4.69, 9.17) is 48.1 Å². The molecule has 0 aliphatic heterocycles. The molecule has 4 rings (SSSR count). The fourth-order valence-electron chi connectivity index (χ4n) is 2.80. The van der Waals surface area contributed by atoms with Gasteiger partial charge < -0.3 is 24.5 Å². The SMILES string of the molecule is S=P([S-])(c1ccccc1)c1ccccc1.S=P([S-])(c1ccccc1)c1ccccc1.[Cr+2]. The van der Waals surface area contributed by atoms with Crippen LogP contribution in [-0.4, -0.2) is 0 Å². The molecular formula is C24H20CrP2S4. The molecule has 0 unspecified atom stereocenters. The number of hydrogen-bond donors (Lipinski definition) is 0. The van der Waals surface area contributed by atoms with E-state index in [1.165, 1.54) is 0 Å². The summed E-state index contributed by atoms with van der Waals surface area (Å²) in [5, 5.41) is 0.432. The van der Waals surface area contributed by atoms with Crippen LogP contribution in [0.1, 0.15) is 0 Å². The molecule has 0 heterocycles. The van der Waals surface area contributed by atoms with E-state index in [0.717, 1.165) is 21.2 Å². The second-order valence-electron chi connectivity index (χ2n) is 6.45. The van der Waals surface area contributed by atoms with Gasteiger partial charge in [-0.3, -0.25) is 0 Å². The maximum absolute atomic E-state index is 5.60. The quantitative estimate of drug-likeness (QED) is 0.254. The van der Waals surface area contributed by atoms with Crippen LogP contribution in [0.15, 0.2) is 121 Å². The number of hydrogen-bond acceptors (Lipinski definition) is 4. The van der Waals surface area contributed by atoms with Gasteiger partial charge in [0.05, 0.1) is 0 Å². The monoisotopic (exact) mass is 550 g/mol. The predicted molar refractivity (Wildman–Crippen MR) is 148 cm³/mol. The second-order valence-corrected chi connectivity index (χ2v) is 18.7. The van der Waals surface area contributed by atoms with Gasteiger partial charge >= 0.3 is 17.4 Å². The Morgan fingerprint density at radius 3 is 0.710 bits per heavy atom. The van der Waals surface area contributed by atoms with E-state index in [1.54, 1.807) is 0 Å². The first-order valence-electron chi connectivity index (χ1n) is 9.27. The molecule has 4 aromatic rings. The van der Waals surface area contributed by atoms with Gasteiger partial charge in [-0.1, -0.05) is 121 Å². The largest absolute Gasteiger partial charge is 2.00 e. The molecule has 0 atom stereocenters. The van der Waals surface area contributed by atoms with Crippen LogP contribution >= 0.6 is 10.5 Å². The summed E-state index contributed by atoms with van der Waals surface area (Å²) in [6.45, 7) is 0. The fraction of sp³-hybridized carbons (Fsp3) is 0. The molecule has 0 saturated carbocycles. The zero-order chi connectivity index (χ0) is 21.5. The third kappa shape index (κ3) is 7.20. The van der Waals surface area contributed by atoms with Crippen LogP contribution in [0.5, 0.6) is 0 Å². The van der Waals surface area contributed by atoms with E-state index in [9.17, 15) is 0 Å². The smallest absolute Gasteiger partial charge is 0.738 e. The first-order valence-corrected chi connectivity index (χ1v) is 16.9. The molecule has 0 spiro atoms. The van der Waals surface area contributed by atoms with Crippen LogP contribution in [0.4, 0.5) is 0 Å². The topological polar surface area (TPSA) is 0 Å². The van der Waals surface area contributed by atoms with Crippen molar-refractivity contribution in [3.63, 3.8) is 0 Å². The van der Waals surface area contributed by atoms with Crippen LogP contribution in [0.25, 0.3) is 0 Å². The minimum atomic E-state index is -1.98. The van der Waals surface area contributed by atoms with E-state index in [2.05, 4.69) is 0 Å². The van der Waals surface area contributed by atoms with Crippen molar-refractivity contribution >= 4 is 79.8 Å². The van der Waals surface area contributed by atoms with Gasteiger partial charge in [0.25, 0.3) is 0 Å². The van der Waals surface area contributed by atoms with Crippen molar-refractivity contribution in [3.8, 4) is 0 Å². The molecule has 7 heteroatoms. The van der Waals surface area contributed by atoms with Gasteiger partial charge in [0.2, 0.25) is 0 Å². The fourth-order valence-corrected chi connectivity index (χ4v) is 8.57. The van der Waals surface area contributed by atoms with Crippen molar-refractivity contribution in [2.75, 3.05) is 0 Å². The average Bonchev–Trinajstić information content (AvgIpc) is 2.82. The van der Waals surface area contributed by atoms with Gasteiger partial charge in [-0.2, -0.15) is 0 Å². The molecule has 0 aromatic heterocycles. The summed E-state index contributed by atoms with van der Waals surface area (Å²) in [5.41, 5.74) is 0. The van der Waals surface area contributed by atoms with Gasteiger partial charge in [-0.15, -0.1) is 34.1 Å². The molecule has 0 aliphatic carbocycles. The normalized spacial score (nSPS) is 10.9. The van der Waals surface area contributed by atoms with Gasteiger partial charge in [0.15, 0.2) is 0 Å². The molecule has 0 amide bonds. The molecule has 0 saturated heterocycles. The average molecular weight is 551 g/mol. The summed E-state index contributed by atoms with van der Waals surface area (Å²) >= 11 is 22.4. The van der Waals surface area contributed by atoms with Crippen molar-refractivity contribution in [3.05, 3.63) is 121 Å². The molecule has 156 valence electrons. The van der Waals surface area contributed by atoms with Gasteiger partial charge in [-0.25, -0.2) is 0 Å². The predicted octanol–water partition coefficient (Wildman–Crippen LogP) is 5.16. The van der Waals surface area contributed by atoms with Crippen molar-refractivity contribution in [1.82, 2.24) is 0 Å². The van der Waals surface area contributed by atoms with E-state index < -0.39 is 10.5 Å². The molecular weight excluding hydrogens is 530 g/mol. The van der Waals surface area contributed by atoms with E-state index >= 15 is 0 Å². The first-order chi connectivity index (χ1) is 14.4. The third-order valence-corrected chi connectivity index (χ3v) is 13.4. The van der Waals surface area contributed by atoms with Crippen LogP contribution < -0.4 is 21.2 Å². The van der Waals surface area contributed by atoms with Crippen LogP contribution in [-0.2, 0) is 65.5 Å². The number of rotatable bonds is 4. The summed E-state index contributed by atoms with van der Waals surface area (Å²) < 4.78 is 0. The molecule has 0 bridgehead atoms. The molecule has 4 aromatic carbocycles. The Morgan fingerprint density at radius 1 is 0.387 bits per heavy atom. The minimum Gasteiger partial charge on any atom is -0.738 e. The van der Waals surface area contributed by atoms with E-state index in [0.29, 0.717) is 0 Å². The number of benzene rings is 4. The molecule has 0 aliphatic rings. The zero-order valence-corrected chi connectivity index (χ0v) is 22.8. The summed E-state index contributed by atoms with van der Waals surface area (Å²) in [5.74, 6) is 0. The minimum absolute atomic E-state index is 0. The Labute approximate surface area is 217 Å². The van der Waals surface area contributed by atoms with Crippen LogP contribution in [0, 0.1) is 0 Å². The summed E-state index contributed by atoms with van der Waals surface area (Å²) in [6.07, 6.45) is 0. The Morgan fingerprint density at radius 2 is 0.548 bits per heavy atom. The maximum Gasteiger partial charge on any atom is 2.00 e. The van der Waals surface area contributed by atoms with Crippen molar-refractivity contribution in [1.29, 1.82) is 0 Å². The molecule has 0 nitrogen and oxygen atoms in total. The molecule has 0 N–H and O–H groups in total. The summed E-state index contributed by atoms with van der Waals surface area (Å²) in [4.78, 5) is 0. The Hall–Kier alpha value is -0.588. The third-order valence-electron chi connectivity index (χ3n) is 4.38. The van der Waals surface area contributed by atoms with Gasteiger partial charge in [0, 0.05) is 0 Å². The molecule has 31 heavy (non-hydrogen) atoms. The van der Waals surface area contributed by atoms with E-state index in [-0.39, 0.29) is 17.4 Å². The Balaban J connectivity index is 0.000000213. The molecule has 0 fully saturated rings. The zero-order valence-electron chi connectivity index (χ0n) is 16.5. The van der Waals surface area contributed by atoms with Crippen molar-refractivity contribution in [2.45, 2.75) is 0 Å². The Bertz CT molecular complexity index is 973. The second kappa shape index (κ2) is 12.6. The first kappa shape index (κ1) is 26.7.